The predicted molar refractivity (Wildman–Crippen MR) is 92.3 cm³/mol. The fraction of sp³-hybridized carbons (Fsp3) is 0.647. The smallest absolute Gasteiger partial charge is 0.0309 e. The van der Waals surface area contributed by atoms with Gasteiger partial charge in [0.25, 0.3) is 0 Å². The van der Waals surface area contributed by atoms with Crippen LogP contribution in [0.5, 0.6) is 0 Å². The van der Waals surface area contributed by atoms with Crippen molar-refractivity contribution in [3.63, 3.8) is 0 Å². The SMILES string of the molecule is CCNC(Cc1cccc(Br)c1)C(C)(C)N(CC)CC. The summed E-state index contributed by atoms with van der Waals surface area (Å²) in [7, 11) is 0. The van der Waals surface area contributed by atoms with Gasteiger partial charge >= 0.3 is 0 Å². The molecule has 114 valence electrons. The van der Waals surface area contributed by atoms with E-state index in [-0.39, 0.29) is 5.54 Å². The van der Waals surface area contributed by atoms with Gasteiger partial charge in [0.2, 0.25) is 0 Å². The maximum atomic E-state index is 3.68. The lowest BCUT2D eigenvalue weighted by atomic mass is 9.87. The Balaban J connectivity index is 2.92. The van der Waals surface area contributed by atoms with E-state index in [1.165, 1.54) is 5.56 Å². The van der Waals surface area contributed by atoms with Crippen LogP contribution in [0.1, 0.15) is 40.2 Å². The minimum Gasteiger partial charge on any atom is -0.312 e. The molecule has 1 N–H and O–H groups in total. The van der Waals surface area contributed by atoms with Crippen molar-refractivity contribution >= 4 is 15.9 Å². The molecule has 1 rings (SSSR count). The Morgan fingerprint density at radius 2 is 1.85 bits per heavy atom. The molecule has 0 saturated carbocycles. The fourth-order valence-electron chi connectivity index (χ4n) is 2.98. The summed E-state index contributed by atoms with van der Waals surface area (Å²) < 4.78 is 1.16. The van der Waals surface area contributed by atoms with Crippen LogP contribution in [0.4, 0.5) is 0 Å². The van der Waals surface area contributed by atoms with Crippen molar-refractivity contribution in [2.24, 2.45) is 0 Å². The molecule has 1 aromatic rings. The highest BCUT2D eigenvalue weighted by atomic mass is 79.9. The van der Waals surface area contributed by atoms with Gasteiger partial charge in [-0.15, -0.1) is 0 Å². The number of rotatable bonds is 8. The minimum atomic E-state index is 0.141. The Labute approximate surface area is 133 Å². The molecule has 0 aliphatic heterocycles. The Morgan fingerprint density at radius 3 is 2.35 bits per heavy atom. The molecule has 0 saturated heterocycles. The Morgan fingerprint density at radius 1 is 1.20 bits per heavy atom. The summed E-state index contributed by atoms with van der Waals surface area (Å²) in [5, 5.41) is 3.68. The third kappa shape index (κ3) is 4.57. The van der Waals surface area contributed by atoms with E-state index < -0.39 is 0 Å². The lowest BCUT2D eigenvalue weighted by Gasteiger charge is -2.44. The van der Waals surface area contributed by atoms with Gasteiger partial charge in [-0.05, 0) is 57.6 Å². The summed E-state index contributed by atoms with van der Waals surface area (Å²) in [6.07, 6.45) is 1.05. The molecule has 0 amide bonds. The summed E-state index contributed by atoms with van der Waals surface area (Å²) >= 11 is 3.57. The first-order valence-electron chi connectivity index (χ1n) is 7.68. The predicted octanol–water partition coefficient (Wildman–Crippen LogP) is 4.09. The summed E-state index contributed by atoms with van der Waals surface area (Å²) in [5.41, 5.74) is 1.52. The molecule has 3 heteroatoms. The third-order valence-electron chi connectivity index (χ3n) is 4.21. The van der Waals surface area contributed by atoms with Crippen LogP contribution in [0.3, 0.4) is 0 Å². The Bertz CT molecular complexity index is 400. The van der Waals surface area contributed by atoms with Crippen molar-refractivity contribution < 1.29 is 0 Å². The molecule has 0 spiro atoms. The Kier molecular flexibility index (Phi) is 7.21. The first-order chi connectivity index (χ1) is 9.45. The van der Waals surface area contributed by atoms with E-state index in [9.17, 15) is 0 Å². The van der Waals surface area contributed by atoms with E-state index in [2.05, 4.69) is 85.0 Å². The molecule has 1 aromatic carbocycles. The van der Waals surface area contributed by atoms with Crippen molar-refractivity contribution in [1.29, 1.82) is 0 Å². The maximum Gasteiger partial charge on any atom is 0.0309 e. The van der Waals surface area contributed by atoms with Gasteiger partial charge in [0.05, 0.1) is 0 Å². The number of nitrogens with one attached hydrogen (secondary N) is 1. The molecule has 1 atom stereocenters. The first-order valence-corrected chi connectivity index (χ1v) is 8.47. The lowest BCUT2D eigenvalue weighted by molar-refractivity contribution is 0.0918. The van der Waals surface area contributed by atoms with Crippen LogP contribution in [-0.2, 0) is 6.42 Å². The van der Waals surface area contributed by atoms with Gasteiger partial charge in [-0.25, -0.2) is 0 Å². The van der Waals surface area contributed by atoms with Gasteiger partial charge in [0.15, 0.2) is 0 Å². The molecule has 1 unspecified atom stereocenters. The van der Waals surface area contributed by atoms with Gasteiger partial charge in [-0.1, -0.05) is 48.8 Å². The number of benzene rings is 1. The average Bonchev–Trinajstić information content (AvgIpc) is 2.39. The number of hydrogen-bond donors (Lipinski definition) is 1. The third-order valence-corrected chi connectivity index (χ3v) is 4.70. The summed E-state index contributed by atoms with van der Waals surface area (Å²) in [6, 6.07) is 9.09. The van der Waals surface area contributed by atoms with Gasteiger partial charge in [0, 0.05) is 16.1 Å². The van der Waals surface area contributed by atoms with Crippen molar-refractivity contribution in [2.45, 2.75) is 52.6 Å². The topological polar surface area (TPSA) is 15.3 Å². The zero-order valence-electron chi connectivity index (χ0n) is 13.5. The second kappa shape index (κ2) is 8.16. The highest BCUT2D eigenvalue weighted by Gasteiger charge is 2.33. The van der Waals surface area contributed by atoms with Crippen LogP contribution >= 0.6 is 15.9 Å². The molecular formula is C17H29BrN2. The van der Waals surface area contributed by atoms with Crippen LogP contribution in [0.2, 0.25) is 0 Å². The standard InChI is InChI=1S/C17H29BrN2/c1-6-19-16(17(4,5)20(7-2)8-3)13-14-10-9-11-15(18)12-14/h9-12,16,19H,6-8,13H2,1-5H3. The average molecular weight is 341 g/mol. The molecule has 0 bridgehead atoms. The van der Waals surface area contributed by atoms with E-state index in [4.69, 9.17) is 0 Å². The molecule has 0 aromatic heterocycles. The minimum absolute atomic E-state index is 0.141. The second-order valence-electron chi connectivity index (χ2n) is 5.77. The number of nitrogens with zero attached hydrogens (tertiary/aromatic N) is 1. The fourth-order valence-corrected chi connectivity index (χ4v) is 3.42. The summed E-state index contributed by atoms with van der Waals surface area (Å²) in [5.74, 6) is 0. The van der Waals surface area contributed by atoms with E-state index in [0.717, 1.165) is 30.5 Å². The molecule has 0 aliphatic carbocycles. The monoisotopic (exact) mass is 340 g/mol. The normalized spacial score (nSPS) is 13.8. The zero-order valence-corrected chi connectivity index (χ0v) is 15.1. The van der Waals surface area contributed by atoms with Gasteiger partial charge < -0.3 is 5.32 Å². The number of hydrogen-bond acceptors (Lipinski definition) is 2. The van der Waals surface area contributed by atoms with Gasteiger partial charge in [-0.2, -0.15) is 0 Å². The van der Waals surface area contributed by atoms with Crippen molar-refractivity contribution in [2.75, 3.05) is 19.6 Å². The van der Waals surface area contributed by atoms with Gasteiger partial charge in [-0.3, -0.25) is 4.90 Å². The molecule has 20 heavy (non-hydrogen) atoms. The molecule has 0 aliphatic rings. The summed E-state index contributed by atoms with van der Waals surface area (Å²) in [6.45, 7) is 14.6. The molecule has 0 radical (unpaired) electrons. The van der Waals surface area contributed by atoms with Crippen LogP contribution in [0, 0.1) is 0 Å². The molecular weight excluding hydrogens is 312 g/mol. The van der Waals surface area contributed by atoms with Gasteiger partial charge in [0.1, 0.15) is 0 Å². The van der Waals surface area contributed by atoms with Crippen LogP contribution < -0.4 is 5.32 Å². The molecule has 0 heterocycles. The largest absolute Gasteiger partial charge is 0.312 e. The van der Waals surface area contributed by atoms with E-state index >= 15 is 0 Å². The van der Waals surface area contributed by atoms with Crippen molar-refractivity contribution in [3.8, 4) is 0 Å². The molecule has 0 fully saturated rings. The van der Waals surface area contributed by atoms with Crippen molar-refractivity contribution in [3.05, 3.63) is 34.3 Å². The second-order valence-corrected chi connectivity index (χ2v) is 6.69. The van der Waals surface area contributed by atoms with Crippen molar-refractivity contribution in [1.82, 2.24) is 10.2 Å². The van der Waals surface area contributed by atoms with Crippen LogP contribution in [0.15, 0.2) is 28.7 Å². The zero-order chi connectivity index (χ0) is 15.2. The molecule has 2 nitrogen and oxygen atoms in total. The van der Waals surface area contributed by atoms with E-state index in [0.29, 0.717) is 6.04 Å². The summed E-state index contributed by atoms with van der Waals surface area (Å²) in [4.78, 5) is 2.54. The lowest BCUT2D eigenvalue weighted by Crippen LogP contribution is -2.58. The maximum absolute atomic E-state index is 3.68. The number of likely N-dealkylation sites (N-methyl/N-ethyl adjacent to an activating group) is 2. The Hall–Kier alpha value is -0.380. The highest BCUT2D eigenvalue weighted by molar-refractivity contribution is 9.10. The van der Waals surface area contributed by atoms with E-state index in [1.54, 1.807) is 0 Å². The van der Waals surface area contributed by atoms with Crippen LogP contribution in [-0.4, -0.2) is 36.1 Å². The van der Waals surface area contributed by atoms with Crippen LogP contribution in [0.25, 0.3) is 0 Å². The highest BCUT2D eigenvalue weighted by Crippen LogP contribution is 2.23. The quantitative estimate of drug-likeness (QED) is 0.766. The first kappa shape index (κ1) is 17.7. The van der Waals surface area contributed by atoms with E-state index in [1.807, 2.05) is 0 Å². The number of halogens is 1.